The van der Waals surface area contributed by atoms with Gasteiger partial charge in [0.25, 0.3) is 0 Å². The number of pyridine rings is 1. The first-order chi connectivity index (χ1) is 8.47. The Bertz CT molecular complexity index is 540. The smallest absolute Gasteiger partial charge is 0.416 e. The molecule has 0 unspecified atom stereocenters. The van der Waals surface area contributed by atoms with Gasteiger partial charge < -0.3 is 4.74 Å². The molecule has 6 heteroatoms. The first-order valence-electron chi connectivity index (χ1n) is 4.92. The molecule has 2 rings (SSSR count). The van der Waals surface area contributed by atoms with Crippen molar-refractivity contribution in [2.24, 2.45) is 0 Å². The maximum absolute atomic E-state index is 12.4. The second-order valence-electron chi connectivity index (χ2n) is 3.42. The fraction of sp³-hybridized carbons (Fsp3) is 0.0833. The van der Waals surface area contributed by atoms with E-state index in [4.69, 9.17) is 4.74 Å². The van der Waals surface area contributed by atoms with Gasteiger partial charge in [-0.1, -0.05) is 0 Å². The summed E-state index contributed by atoms with van der Waals surface area (Å²) in [6.45, 7) is 0. The number of ether oxygens (including phenoxy) is 1. The van der Waals surface area contributed by atoms with E-state index in [0.29, 0.717) is 16.1 Å². The number of nitrogens with zero attached hydrogens (tertiary/aromatic N) is 1. The van der Waals surface area contributed by atoms with Crippen molar-refractivity contribution >= 4 is 15.9 Å². The molecule has 0 radical (unpaired) electrons. The summed E-state index contributed by atoms with van der Waals surface area (Å²) < 4.78 is 42.9. The summed E-state index contributed by atoms with van der Waals surface area (Å²) in [7, 11) is 0. The fourth-order valence-electron chi connectivity index (χ4n) is 1.29. The van der Waals surface area contributed by atoms with Crippen LogP contribution in [0, 0.1) is 0 Å². The highest BCUT2D eigenvalue weighted by Crippen LogP contribution is 2.32. The van der Waals surface area contributed by atoms with Crippen LogP contribution >= 0.6 is 15.9 Å². The van der Waals surface area contributed by atoms with Gasteiger partial charge in [-0.05, 0) is 52.3 Å². The van der Waals surface area contributed by atoms with Crippen molar-refractivity contribution in [2.75, 3.05) is 0 Å². The zero-order valence-corrected chi connectivity index (χ0v) is 10.5. The van der Waals surface area contributed by atoms with Gasteiger partial charge in [0.1, 0.15) is 10.4 Å². The molecule has 0 bridgehead atoms. The number of alkyl halides is 3. The van der Waals surface area contributed by atoms with E-state index >= 15 is 0 Å². The molecule has 0 saturated heterocycles. The number of rotatable bonds is 2. The monoisotopic (exact) mass is 317 g/mol. The minimum atomic E-state index is -4.34. The molecular formula is C12H7BrF3NO. The van der Waals surface area contributed by atoms with Crippen molar-refractivity contribution in [1.82, 2.24) is 4.98 Å². The predicted octanol–water partition coefficient (Wildman–Crippen LogP) is 4.66. The minimum absolute atomic E-state index is 0.316. The lowest BCUT2D eigenvalue weighted by Gasteiger charge is -2.09. The van der Waals surface area contributed by atoms with Gasteiger partial charge in [-0.25, -0.2) is 4.98 Å². The van der Waals surface area contributed by atoms with E-state index in [1.807, 2.05) is 0 Å². The first-order valence-corrected chi connectivity index (χ1v) is 5.72. The van der Waals surface area contributed by atoms with Gasteiger partial charge in [0, 0.05) is 6.20 Å². The Labute approximate surface area is 110 Å². The van der Waals surface area contributed by atoms with Crippen LogP contribution in [0.2, 0.25) is 0 Å². The third-order valence-electron chi connectivity index (χ3n) is 2.13. The molecule has 0 aliphatic heterocycles. The van der Waals surface area contributed by atoms with E-state index in [-0.39, 0.29) is 0 Å². The number of benzene rings is 1. The van der Waals surface area contributed by atoms with Gasteiger partial charge in [0.05, 0.1) is 5.56 Å². The Morgan fingerprint density at radius 1 is 1.06 bits per heavy atom. The van der Waals surface area contributed by atoms with Crippen molar-refractivity contribution in [1.29, 1.82) is 0 Å². The van der Waals surface area contributed by atoms with E-state index in [2.05, 4.69) is 20.9 Å². The van der Waals surface area contributed by atoms with Gasteiger partial charge in [0.2, 0.25) is 0 Å². The summed E-state index contributed by atoms with van der Waals surface area (Å²) in [4.78, 5) is 3.94. The van der Waals surface area contributed by atoms with Crippen molar-refractivity contribution in [3.05, 3.63) is 52.8 Å². The molecule has 0 atom stereocenters. The maximum atomic E-state index is 12.4. The Hall–Kier alpha value is -1.56. The quantitative estimate of drug-likeness (QED) is 0.752. The van der Waals surface area contributed by atoms with Crippen LogP contribution in [0.5, 0.6) is 11.5 Å². The lowest BCUT2D eigenvalue weighted by Crippen LogP contribution is -2.04. The SMILES string of the molecule is FC(F)(F)c1ccc(Oc2cccnc2Br)cc1. The first kappa shape index (κ1) is 12.9. The Morgan fingerprint density at radius 2 is 1.72 bits per heavy atom. The van der Waals surface area contributed by atoms with Gasteiger partial charge >= 0.3 is 6.18 Å². The van der Waals surface area contributed by atoms with Crippen LogP contribution in [-0.2, 0) is 6.18 Å². The topological polar surface area (TPSA) is 22.1 Å². The average molecular weight is 318 g/mol. The average Bonchev–Trinajstić information content (AvgIpc) is 2.32. The second kappa shape index (κ2) is 4.97. The zero-order chi connectivity index (χ0) is 13.2. The molecule has 18 heavy (non-hydrogen) atoms. The van der Waals surface area contributed by atoms with Gasteiger partial charge in [-0.15, -0.1) is 0 Å². The van der Waals surface area contributed by atoms with Crippen molar-refractivity contribution in [3.63, 3.8) is 0 Å². The molecule has 2 aromatic rings. The second-order valence-corrected chi connectivity index (χ2v) is 4.17. The Kier molecular flexibility index (Phi) is 3.56. The molecule has 0 amide bonds. The Balaban J connectivity index is 2.19. The number of hydrogen-bond donors (Lipinski definition) is 0. The summed E-state index contributed by atoms with van der Waals surface area (Å²) in [5, 5.41) is 0. The summed E-state index contributed by atoms with van der Waals surface area (Å²) in [6, 6.07) is 7.81. The Morgan fingerprint density at radius 3 is 2.28 bits per heavy atom. The standard InChI is InChI=1S/C12H7BrF3NO/c13-11-10(2-1-7-17-11)18-9-5-3-8(4-6-9)12(14,15)16/h1-7H. The van der Waals surface area contributed by atoms with Crippen LogP contribution in [0.15, 0.2) is 47.2 Å². The van der Waals surface area contributed by atoms with E-state index in [0.717, 1.165) is 12.1 Å². The highest BCUT2D eigenvalue weighted by Gasteiger charge is 2.30. The molecule has 0 aliphatic carbocycles. The molecule has 0 spiro atoms. The van der Waals surface area contributed by atoms with E-state index in [9.17, 15) is 13.2 Å². The highest BCUT2D eigenvalue weighted by atomic mass is 79.9. The predicted molar refractivity (Wildman–Crippen MR) is 63.5 cm³/mol. The number of aromatic nitrogens is 1. The van der Waals surface area contributed by atoms with Crippen LogP contribution in [0.25, 0.3) is 0 Å². The molecule has 0 aliphatic rings. The molecule has 0 saturated carbocycles. The number of hydrogen-bond acceptors (Lipinski definition) is 2. The summed E-state index contributed by atoms with van der Waals surface area (Å²) in [5.74, 6) is 0.758. The molecule has 1 heterocycles. The number of halogens is 4. The highest BCUT2D eigenvalue weighted by molar-refractivity contribution is 9.10. The third-order valence-corrected chi connectivity index (χ3v) is 2.73. The summed E-state index contributed by atoms with van der Waals surface area (Å²) in [5.41, 5.74) is -0.708. The van der Waals surface area contributed by atoms with Crippen LogP contribution in [0.1, 0.15) is 5.56 Å². The molecule has 0 fully saturated rings. The van der Waals surface area contributed by atoms with Crippen molar-refractivity contribution in [3.8, 4) is 11.5 Å². The normalized spacial score (nSPS) is 11.3. The van der Waals surface area contributed by atoms with Gasteiger partial charge in [0.15, 0.2) is 5.75 Å². The van der Waals surface area contributed by atoms with E-state index in [1.165, 1.54) is 12.1 Å². The van der Waals surface area contributed by atoms with Crippen LogP contribution in [0.3, 0.4) is 0 Å². The lowest BCUT2D eigenvalue weighted by atomic mass is 10.2. The minimum Gasteiger partial charge on any atom is -0.455 e. The van der Waals surface area contributed by atoms with E-state index in [1.54, 1.807) is 18.3 Å². The van der Waals surface area contributed by atoms with E-state index < -0.39 is 11.7 Å². The summed E-state index contributed by atoms with van der Waals surface area (Å²) >= 11 is 3.18. The molecule has 1 aromatic heterocycles. The molecule has 1 aromatic carbocycles. The molecule has 2 nitrogen and oxygen atoms in total. The molecule has 94 valence electrons. The fourth-order valence-corrected chi connectivity index (χ4v) is 1.62. The molecular weight excluding hydrogens is 311 g/mol. The van der Waals surface area contributed by atoms with Crippen LogP contribution < -0.4 is 4.74 Å². The zero-order valence-electron chi connectivity index (χ0n) is 8.91. The largest absolute Gasteiger partial charge is 0.455 e. The van der Waals surface area contributed by atoms with Crippen molar-refractivity contribution in [2.45, 2.75) is 6.18 Å². The van der Waals surface area contributed by atoms with Crippen LogP contribution in [0.4, 0.5) is 13.2 Å². The van der Waals surface area contributed by atoms with Crippen molar-refractivity contribution < 1.29 is 17.9 Å². The maximum Gasteiger partial charge on any atom is 0.416 e. The molecule has 0 N–H and O–H groups in total. The third kappa shape index (κ3) is 3.01. The summed E-state index contributed by atoms with van der Waals surface area (Å²) in [6.07, 6.45) is -2.77. The lowest BCUT2D eigenvalue weighted by molar-refractivity contribution is -0.137. The van der Waals surface area contributed by atoms with Crippen LogP contribution in [-0.4, -0.2) is 4.98 Å². The van der Waals surface area contributed by atoms with Gasteiger partial charge in [-0.2, -0.15) is 13.2 Å². The van der Waals surface area contributed by atoms with Gasteiger partial charge in [-0.3, -0.25) is 0 Å².